The lowest BCUT2D eigenvalue weighted by Crippen LogP contribution is -2.53. The number of esters is 1. The van der Waals surface area contributed by atoms with Crippen LogP contribution in [-0.2, 0) is 19.0 Å². The van der Waals surface area contributed by atoms with Gasteiger partial charge < -0.3 is 14.2 Å². The minimum Gasteiger partial charge on any atom is -0.431 e. The quantitative estimate of drug-likeness (QED) is 0.546. The molecule has 0 aromatic heterocycles. The molecule has 6 aliphatic rings. The fourth-order valence-electron chi connectivity index (χ4n) is 6.01. The minimum absolute atomic E-state index is 0.163. The molecular formula is C19H26O4S2. The molecule has 6 heteroatoms. The third kappa shape index (κ3) is 2.47. The van der Waals surface area contributed by atoms with Crippen LogP contribution in [0.2, 0.25) is 0 Å². The second-order valence-corrected chi connectivity index (χ2v) is 11.7. The molecule has 4 atom stereocenters. The van der Waals surface area contributed by atoms with Gasteiger partial charge in [-0.2, -0.15) is 0 Å². The molecule has 6 fully saturated rings. The van der Waals surface area contributed by atoms with Gasteiger partial charge in [-0.1, -0.05) is 6.58 Å². The van der Waals surface area contributed by atoms with Crippen molar-refractivity contribution in [3.8, 4) is 0 Å². The van der Waals surface area contributed by atoms with Gasteiger partial charge in [0, 0.05) is 12.7 Å². The maximum atomic E-state index is 12.0. The van der Waals surface area contributed by atoms with Gasteiger partial charge in [0.2, 0.25) is 6.29 Å². The third-order valence-electron chi connectivity index (χ3n) is 6.85. The molecule has 0 amide bonds. The van der Waals surface area contributed by atoms with Crippen LogP contribution in [0.5, 0.6) is 0 Å². The second kappa shape index (κ2) is 5.91. The summed E-state index contributed by atoms with van der Waals surface area (Å²) >= 11 is 4.14. The van der Waals surface area contributed by atoms with E-state index in [1.54, 1.807) is 14.0 Å². The number of hydrogen-bond donors (Lipinski definition) is 0. The van der Waals surface area contributed by atoms with Crippen LogP contribution in [0.15, 0.2) is 12.2 Å². The zero-order chi connectivity index (χ0) is 17.3. The first-order valence-corrected chi connectivity index (χ1v) is 11.2. The topological polar surface area (TPSA) is 44.8 Å². The third-order valence-corrected chi connectivity index (χ3v) is 11.2. The highest BCUT2D eigenvalue weighted by molar-refractivity contribution is 8.22. The molecule has 2 aliphatic heterocycles. The van der Waals surface area contributed by atoms with Crippen molar-refractivity contribution in [2.24, 2.45) is 23.7 Å². The average molecular weight is 383 g/mol. The largest absolute Gasteiger partial charge is 0.431 e. The Morgan fingerprint density at radius 1 is 1.04 bits per heavy atom. The number of thioether (sulfide) groups is 2. The summed E-state index contributed by atoms with van der Waals surface area (Å²) in [4.78, 5) is 12.0. The van der Waals surface area contributed by atoms with Gasteiger partial charge in [-0.3, -0.25) is 0 Å². The van der Waals surface area contributed by atoms with E-state index >= 15 is 0 Å². The summed E-state index contributed by atoms with van der Waals surface area (Å²) in [5.41, 5.74) is 0.418. The molecule has 0 aromatic rings. The molecule has 0 N–H and O–H groups in total. The molecule has 0 radical (unpaired) electrons. The first-order chi connectivity index (χ1) is 12.0. The van der Waals surface area contributed by atoms with Gasteiger partial charge in [0.05, 0.1) is 14.6 Å². The summed E-state index contributed by atoms with van der Waals surface area (Å²) in [7, 11) is 1.69. The van der Waals surface area contributed by atoms with Crippen LogP contribution in [0, 0.1) is 23.7 Å². The first kappa shape index (κ1) is 17.0. The Morgan fingerprint density at radius 2 is 1.60 bits per heavy atom. The minimum atomic E-state index is -0.520. The second-order valence-electron chi connectivity index (χ2n) is 8.48. The van der Waals surface area contributed by atoms with Gasteiger partial charge in [0.1, 0.15) is 0 Å². The van der Waals surface area contributed by atoms with Crippen molar-refractivity contribution in [2.45, 2.75) is 66.2 Å². The van der Waals surface area contributed by atoms with Crippen molar-refractivity contribution in [1.29, 1.82) is 0 Å². The van der Waals surface area contributed by atoms with E-state index < -0.39 is 6.29 Å². The van der Waals surface area contributed by atoms with E-state index in [4.69, 9.17) is 14.2 Å². The molecule has 4 aliphatic carbocycles. The molecule has 0 aromatic carbocycles. The van der Waals surface area contributed by atoms with Gasteiger partial charge in [0.25, 0.3) is 0 Å². The number of rotatable bonds is 3. The number of fused-ring (bicyclic) bond motifs is 1. The van der Waals surface area contributed by atoms with Crippen LogP contribution < -0.4 is 0 Å². The standard InChI is InChI=1S/C19H26O4S2/c1-9(2)16(20)22-18-15-14(17(21-3)23-18)24-19(25-15)12-5-10-4-11(7-12)8-13(19)6-10/h10-15,17-18H,1,4-8H2,2-3H3. The Bertz CT molecular complexity index is 578. The molecule has 4 bridgehead atoms. The highest BCUT2D eigenvalue weighted by atomic mass is 32.2. The predicted molar refractivity (Wildman–Crippen MR) is 99.1 cm³/mol. The van der Waals surface area contributed by atoms with Gasteiger partial charge in [-0.15, -0.1) is 23.5 Å². The molecule has 4 unspecified atom stereocenters. The van der Waals surface area contributed by atoms with Crippen molar-refractivity contribution in [3.05, 3.63) is 12.2 Å². The van der Waals surface area contributed by atoms with Crippen LogP contribution >= 0.6 is 23.5 Å². The van der Waals surface area contributed by atoms with E-state index in [2.05, 4.69) is 30.1 Å². The summed E-state index contributed by atoms with van der Waals surface area (Å²) in [6.07, 6.45) is 6.22. The van der Waals surface area contributed by atoms with E-state index in [-0.39, 0.29) is 26.8 Å². The van der Waals surface area contributed by atoms with Crippen molar-refractivity contribution in [3.63, 3.8) is 0 Å². The van der Waals surface area contributed by atoms with Gasteiger partial charge in [0.15, 0.2) is 6.29 Å². The lowest BCUT2D eigenvalue weighted by molar-refractivity contribution is -0.198. The maximum absolute atomic E-state index is 12.0. The number of methoxy groups -OCH3 is 1. The molecule has 4 saturated carbocycles. The average Bonchev–Trinajstić information content (AvgIpc) is 3.10. The Kier molecular flexibility index (Phi) is 4.01. The fourth-order valence-corrected chi connectivity index (χ4v) is 10.7. The zero-order valence-electron chi connectivity index (χ0n) is 14.8. The first-order valence-electron chi connectivity index (χ1n) is 9.40. The van der Waals surface area contributed by atoms with Crippen molar-refractivity contribution in [1.82, 2.24) is 0 Å². The van der Waals surface area contributed by atoms with E-state index in [1.807, 2.05) is 0 Å². The van der Waals surface area contributed by atoms with Crippen molar-refractivity contribution >= 4 is 29.5 Å². The van der Waals surface area contributed by atoms with Crippen LogP contribution in [0.4, 0.5) is 0 Å². The highest BCUT2D eigenvalue weighted by Crippen LogP contribution is 2.73. The van der Waals surface area contributed by atoms with E-state index in [0.29, 0.717) is 5.57 Å². The normalized spacial score (nSPS) is 52.6. The molecule has 1 spiro atoms. The lowest BCUT2D eigenvalue weighted by atomic mass is 9.56. The highest BCUT2D eigenvalue weighted by Gasteiger charge is 2.67. The monoisotopic (exact) mass is 382 g/mol. The number of hydrogen-bond acceptors (Lipinski definition) is 6. The van der Waals surface area contributed by atoms with E-state index in [1.165, 1.54) is 32.1 Å². The van der Waals surface area contributed by atoms with E-state index in [9.17, 15) is 4.79 Å². The van der Waals surface area contributed by atoms with Crippen LogP contribution in [-0.4, -0.2) is 40.2 Å². The Morgan fingerprint density at radius 3 is 2.12 bits per heavy atom. The number of carbonyl (C=O) groups is 1. The zero-order valence-corrected chi connectivity index (χ0v) is 16.4. The lowest BCUT2D eigenvalue weighted by Gasteiger charge is -2.59. The molecule has 6 rings (SSSR count). The molecule has 138 valence electrons. The Labute approximate surface area is 157 Å². The maximum Gasteiger partial charge on any atom is 0.335 e. The molecule has 2 heterocycles. The van der Waals surface area contributed by atoms with Crippen LogP contribution in [0.3, 0.4) is 0 Å². The summed E-state index contributed by atoms with van der Waals surface area (Å²) in [5.74, 6) is 3.17. The molecule has 2 saturated heterocycles. The summed E-state index contributed by atoms with van der Waals surface area (Å²) in [6.45, 7) is 5.37. The van der Waals surface area contributed by atoms with Crippen molar-refractivity contribution in [2.75, 3.05) is 7.11 Å². The summed E-state index contributed by atoms with van der Waals surface area (Å²) in [6, 6.07) is 0. The number of carbonyl (C=O) groups excluding carboxylic acids is 1. The Balaban J connectivity index is 1.40. The molecule has 25 heavy (non-hydrogen) atoms. The number of ether oxygens (including phenoxy) is 3. The molecule has 4 nitrogen and oxygen atoms in total. The smallest absolute Gasteiger partial charge is 0.335 e. The SMILES string of the molecule is C=C(C)C(=O)OC1OC(OC)C2SC3(SC12)C1CC2CC(C1)CC3C2. The Hall–Kier alpha value is -0.170. The van der Waals surface area contributed by atoms with Gasteiger partial charge in [-0.25, -0.2) is 4.79 Å². The fraction of sp³-hybridized carbons (Fsp3) is 0.842. The van der Waals surface area contributed by atoms with Crippen LogP contribution in [0.1, 0.15) is 39.0 Å². The summed E-state index contributed by atoms with van der Waals surface area (Å²) < 4.78 is 17.5. The van der Waals surface area contributed by atoms with Crippen molar-refractivity contribution < 1.29 is 19.0 Å². The van der Waals surface area contributed by atoms with Crippen LogP contribution in [0.25, 0.3) is 0 Å². The predicted octanol–water partition coefficient (Wildman–Crippen LogP) is 3.80. The molecular weight excluding hydrogens is 356 g/mol. The van der Waals surface area contributed by atoms with Gasteiger partial charge in [-0.05, 0) is 62.7 Å². The van der Waals surface area contributed by atoms with E-state index in [0.717, 1.165) is 23.7 Å². The summed E-state index contributed by atoms with van der Waals surface area (Å²) in [5, 5.41) is 0.409. The van der Waals surface area contributed by atoms with Gasteiger partial charge >= 0.3 is 5.97 Å².